The number of hydrogen-bond donors (Lipinski definition) is 0. The van der Waals surface area contributed by atoms with Crippen LogP contribution < -0.4 is 0 Å². The van der Waals surface area contributed by atoms with Gasteiger partial charge in [-0.25, -0.2) is 0 Å². The van der Waals surface area contributed by atoms with E-state index in [1.165, 1.54) is 11.1 Å². The molecule has 15 heavy (non-hydrogen) atoms. The predicted molar refractivity (Wildman–Crippen MR) is 61.5 cm³/mol. The van der Waals surface area contributed by atoms with Gasteiger partial charge < -0.3 is 4.74 Å². The van der Waals surface area contributed by atoms with Crippen molar-refractivity contribution in [3.05, 3.63) is 22.3 Å². The predicted octanol–water partition coefficient (Wildman–Crippen LogP) is 3.24. The molecular weight excluding hydrogens is 188 g/mol. The molecule has 84 valence electrons. The van der Waals surface area contributed by atoms with Gasteiger partial charge in [0.2, 0.25) is 0 Å². The summed E-state index contributed by atoms with van der Waals surface area (Å²) in [5.41, 5.74) is 4.16. The average Bonchev–Trinajstić information content (AvgIpc) is 2.36. The summed E-state index contributed by atoms with van der Waals surface area (Å²) in [6.07, 6.45) is 0. The van der Waals surface area contributed by atoms with E-state index in [-0.39, 0.29) is 5.97 Å². The van der Waals surface area contributed by atoms with E-state index in [4.69, 9.17) is 4.74 Å². The fourth-order valence-electron chi connectivity index (χ4n) is 2.18. The molecule has 0 amide bonds. The maximum atomic E-state index is 12.0. The second-order valence-electron chi connectivity index (χ2n) is 4.35. The third-order valence-corrected chi connectivity index (χ3v) is 3.87. The zero-order valence-corrected chi connectivity index (χ0v) is 10.5. The van der Waals surface area contributed by atoms with E-state index in [0.29, 0.717) is 6.61 Å². The Kier molecular flexibility index (Phi) is 3.08. The zero-order valence-electron chi connectivity index (χ0n) is 10.5. The van der Waals surface area contributed by atoms with Crippen molar-refractivity contribution in [3.63, 3.8) is 0 Å². The Morgan fingerprint density at radius 3 is 1.87 bits per heavy atom. The Bertz CT molecular complexity index is 335. The normalized spacial score (nSPS) is 19.9. The molecule has 0 aromatic rings. The number of allylic oxidation sites excluding steroid dienone is 2. The molecule has 0 atom stereocenters. The van der Waals surface area contributed by atoms with Crippen molar-refractivity contribution in [1.82, 2.24) is 0 Å². The van der Waals surface area contributed by atoms with Gasteiger partial charge in [0.1, 0.15) is 5.41 Å². The zero-order chi connectivity index (χ0) is 11.8. The fourth-order valence-corrected chi connectivity index (χ4v) is 2.18. The first-order chi connectivity index (χ1) is 6.87. The van der Waals surface area contributed by atoms with Gasteiger partial charge in [0.15, 0.2) is 0 Å². The highest BCUT2D eigenvalue weighted by Crippen LogP contribution is 2.47. The number of hydrogen-bond acceptors (Lipinski definition) is 2. The molecule has 0 spiro atoms. The van der Waals surface area contributed by atoms with Gasteiger partial charge in [-0.2, -0.15) is 0 Å². The van der Waals surface area contributed by atoms with Crippen LogP contribution in [0.15, 0.2) is 22.3 Å². The van der Waals surface area contributed by atoms with Crippen LogP contribution in [-0.4, -0.2) is 12.6 Å². The lowest BCUT2D eigenvalue weighted by Crippen LogP contribution is -2.31. The fraction of sp³-hybridized carbons (Fsp3) is 0.615. The van der Waals surface area contributed by atoms with Crippen molar-refractivity contribution < 1.29 is 9.53 Å². The highest BCUT2D eigenvalue weighted by Gasteiger charge is 2.43. The summed E-state index contributed by atoms with van der Waals surface area (Å²) < 4.78 is 5.16. The standard InChI is InChI=1S/C13H20O2/c1-7-15-12(14)13(6)10(4)8(2)9(3)11(13)5/h7H2,1-6H3. The largest absolute Gasteiger partial charge is 0.465 e. The molecular formula is C13H20O2. The van der Waals surface area contributed by atoms with Gasteiger partial charge in [-0.3, -0.25) is 4.79 Å². The van der Waals surface area contributed by atoms with Gasteiger partial charge in [0.25, 0.3) is 0 Å². The highest BCUT2D eigenvalue weighted by atomic mass is 16.5. The van der Waals surface area contributed by atoms with Crippen LogP contribution in [0, 0.1) is 5.41 Å². The van der Waals surface area contributed by atoms with Crippen molar-refractivity contribution in [1.29, 1.82) is 0 Å². The van der Waals surface area contributed by atoms with Crippen LogP contribution in [0.4, 0.5) is 0 Å². The Balaban J connectivity index is 3.21. The topological polar surface area (TPSA) is 26.3 Å². The molecule has 1 rings (SSSR count). The second kappa shape index (κ2) is 3.84. The number of ether oxygens (including phenoxy) is 1. The minimum atomic E-state index is -0.538. The molecule has 0 aliphatic heterocycles. The minimum Gasteiger partial charge on any atom is -0.465 e. The molecule has 0 fully saturated rings. The van der Waals surface area contributed by atoms with Crippen LogP contribution >= 0.6 is 0 Å². The van der Waals surface area contributed by atoms with Crippen LogP contribution in [-0.2, 0) is 9.53 Å². The van der Waals surface area contributed by atoms with Gasteiger partial charge in [-0.05, 0) is 63.8 Å². The van der Waals surface area contributed by atoms with E-state index in [2.05, 4.69) is 13.8 Å². The summed E-state index contributed by atoms with van der Waals surface area (Å²) in [6, 6.07) is 0. The van der Waals surface area contributed by atoms with Crippen molar-refractivity contribution in [3.8, 4) is 0 Å². The van der Waals surface area contributed by atoms with E-state index < -0.39 is 5.41 Å². The Hall–Kier alpha value is -1.05. The van der Waals surface area contributed by atoms with E-state index in [1.54, 1.807) is 0 Å². The molecule has 0 heterocycles. The first-order valence-electron chi connectivity index (χ1n) is 5.40. The molecule has 0 radical (unpaired) electrons. The summed E-state index contributed by atoms with van der Waals surface area (Å²) in [4.78, 5) is 12.0. The maximum Gasteiger partial charge on any atom is 0.320 e. The highest BCUT2D eigenvalue weighted by molar-refractivity contribution is 5.86. The number of carbonyl (C=O) groups excluding carboxylic acids is 1. The molecule has 1 aliphatic carbocycles. The molecule has 2 heteroatoms. The van der Waals surface area contributed by atoms with Gasteiger partial charge in [-0.1, -0.05) is 0 Å². The van der Waals surface area contributed by atoms with Gasteiger partial charge in [0, 0.05) is 0 Å². The van der Waals surface area contributed by atoms with Crippen LogP contribution in [0.2, 0.25) is 0 Å². The molecule has 0 saturated heterocycles. The summed E-state index contributed by atoms with van der Waals surface area (Å²) in [5, 5.41) is 0. The Morgan fingerprint density at radius 2 is 1.53 bits per heavy atom. The van der Waals surface area contributed by atoms with Crippen molar-refractivity contribution in [2.75, 3.05) is 6.61 Å². The van der Waals surface area contributed by atoms with Crippen LogP contribution in [0.5, 0.6) is 0 Å². The monoisotopic (exact) mass is 208 g/mol. The van der Waals surface area contributed by atoms with E-state index >= 15 is 0 Å². The van der Waals surface area contributed by atoms with Crippen LogP contribution in [0.25, 0.3) is 0 Å². The van der Waals surface area contributed by atoms with Gasteiger partial charge in [-0.15, -0.1) is 0 Å². The quantitative estimate of drug-likeness (QED) is 0.651. The van der Waals surface area contributed by atoms with Crippen LogP contribution in [0.1, 0.15) is 41.5 Å². The van der Waals surface area contributed by atoms with Crippen molar-refractivity contribution >= 4 is 5.97 Å². The second-order valence-corrected chi connectivity index (χ2v) is 4.35. The number of esters is 1. The Labute approximate surface area is 92.0 Å². The van der Waals surface area contributed by atoms with Gasteiger partial charge >= 0.3 is 5.97 Å². The molecule has 0 N–H and O–H groups in total. The smallest absolute Gasteiger partial charge is 0.320 e. The summed E-state index contributed by atoms with van der Waals surface area (Å²) >= 11 is 0. The summed E-state index contributed by atoms with van der Waals surface area (Å²) in [6.45, 7) is 12.4. The number of carbonyl (C=O) groups is 1. The molecule has 0 aromatic heterocycles. The third kappa shape index (κ3) is 1.52. The Morgan fingerprint density at radius 1 is 1.13 bits per heavy atom. The first-order valence-corrected chi connectivity index (χ1v) is 5.40. The summed E-state index contributed by atoms with van der Waals surface area (Å²) in [7, 11) is 0. The SMILES string of the molecule is CCOC(=O)C1(C)C(C)=C(C)C(C)=C1C. The molecule has 0 bridgehead atoms. The minimum absolute atomic E-state index is 0.129. The molecule has 0 aromatic carbocycles. The summed E-state index contributed by atoms with van der Waals surface area (Å²) in [5.74, 6) is -0.129. The van der Waals surface area contributed by atoms with Crippen molar-refractivity contribution in [2.24, 2.45) is 5.41 Å². The lowest BCUT2D eigenvalue weighted by atomic mass is 9.79. The molecule has 0 unspecified atom stereocenters. The third-order valence-electron chi connectivity index (χ3n) is 3.87. The maximum absolute atomic E-state index is 12.0. The van der Waals surface area contributed by atoms with E-state index in [1.807, 2.05) is 27.7 Å². The first kappa shape index (κ1) is 12.0. The molecule has 0 saturated carbocycles. The average molecular weight is 208 g/mol. The van der Waals surface area contributed by atoms with E-state index in [0.717, 1.165) is 11.1 Å². The number of rotatable bonds is 2. The van der Waals surface area contributed by atoms with Gasteiger partial charge in [0.05, 0.1) is 6.61 Å². The van der Waals surface area contributed by atoms with Crippen LogP contribution in [0.3, 0.4) is 0 Å². The van der Waals surface area contributed by atoms with E-state index in [9.17, 15) is 4.79 Å². The lowest BCUT2D eigenvalue weighted by molar-refractivity contribution is -0.150. The molecule has 1 aliphatic rings. The molecule has 2 nitrogen and oxygen atoms in total. The lowest BCUT2D eigenvalue weighted by Gasteiger charge is -2.26. The van der Waals surface area contributed by atoms with Crippen molar-refractivity contribution in [2.45, 2.75) is 41.5 Å².